The maximum Gasteiger partial charge on any atom is 0.328 e. The van der Waals surface area contributed by atoms with Crippen molar-refractivity contribution in [2.24, 2.45) is 0 Å². The van der Waals surface area contributed by atoms with Gasteiger partial charge in [0, 0.05) is 19.5 Å². The summed E-state index contributed by atoms with van der Waals surface area (Å²) in [6, 6.07) is 11.2. The van der Waals surface area contributed by atoms with Gasteiger partial charge in [-0.25, -0.2) is 26.7 Å². The molecule has 0 N–H and O–H groups in total. The van der Waals surface area contributed by atoms with Crippen molar-refractivity contribution in [3.8, 4) is 0 Å². The topological polar surface area (TPSA) is 23.6 Å². The minimum absolute atomic E-state index is 0.387. The highest BCUT2D eigenvalue weighted by Crippen LogP contribution is 2.32. The van der Waals surface area contributed by atoms with E-state index in [1.165, 1.54) is 7.05 Å². The van der Waals surface area contributed by atoms with Crippen molar-refractivity contribution in [1.82, 2.24) is 0 Å². The first-order chi connectivity index (χ1) is 12.8. The number of anilines is 2. The Balaban J connectivity index is 2.06. The van der Waals surface area contributed by atoms with Crippen molar-refractivity contribution < 1.29 is 26.7 Å². The molecule has 0 saturated carbocycles. The van der Waals surface area contributed by atoms with Crippen molar-refractivity contribution in [2.75, 3.05) is 23.9 Å². The largest absolute Gasteiger partial charge is 0.328 e. The molecule has 8 heteroatoms. The van der Waals surface area contributed by atoms with Crippen molar-refractivity contribution >= 4 is 28.2 Å². The molecule has 0 aliphatic heterocycles. The van der Waals surface area contributed by atoms with Gasteiger partial charge >= 0.3 is 6.03 Å². The van der Waals surface area contributed by atoms with E-state index in [4.69, 9.17) is 0 Å². The van der Waals surface area contributed by atoms with Gasteiger partial charge in [-0.1, -0.05) is 36.4 Å². The van der Waals surface area contributed by atoms with Crippen molar-refractivity contribution in [1.29, 1.82) is 0 Å². The van der Waals surface area contributed by atoms with E-state index in [-0.39, 0.29) is 0 Å². The fourth-order valence-electron chi connectivity index (χ4n) is 2.81. The van der Waals surface area contributed by atoms with Gasteiger partial charge in [0.05, 0.1) is 5.69 Å². The Morgan fingerprint density at radius 2 is 1.22 bits per heavy atom. The molecule has 3 rings (SSSR count). The molecule has 0 heterocycles. The molecule has 3 nitrogen and oxygen atoms in total. The number of benzene rings is 3. The highest BCUT2D eigenvalue weighted by molar-refractivity contribution is 6.08. The minimum Gasteiger partial charge on any atom is -0.296 e. The van der Waals surface area contributed by atoms with Gasteiger partial charge in [0.15, 0.2) is 23.3 Å². The number of amides is 2. The standard InChI is InChI=1S/C19H13F5N2O/c1-25(12-9-5-7-10-6-3-4-8-11(10)12)19(27)26(2)18-16(23)14(21)13(20)15(22)17(18)24/h3-9H,1-2H3. The first-order valence-electron chi connectivity index (χ1n) is 7.76. The summed E-state index contributed by atoms with van der Waals surface area (Å²) in [5, 5.41) is 1.50. The lowest BCUT2D eigenvalue weighted by molar-refractivity contribution is 0.253. The lowest BCUT2D eigenvalue weighted by atomic mass is 10.1. The van der Waals surface area contributed by atoms with E-state index in [0.29, 0.717) is 16.0 Å². The number of urea groups is 1. The van der Waals surface area contributed by atoms with Crippen LogP contribution in [-0.4, -0.2) is 20.1 Å². The summed E-state index contributed by atoms with van der Waals surface area (Å²) >= 11 is 0. The SMILES string of the molecule is CN(C(=O)N(C)c1cccc2ccccc12)c1c(F)c(F)c(F)c(F)c1F. The van der Waals surface area contributed by atoms with Crippen LogP contribution in [0.3, 0.4) is 0 Å². The fourth-order valence-corrected chi connectivity index (χ4v) is 2.81. The van der Waals surface area contributed by atoms with Crippen LogP contribution in [0.2, 0.25) is 0 Å². The van der Waals surface area contributed by atoms with E-state index in [2.05, 4.69) is 0 Å². The Bertz CT molecular complexity index is 1020. The Kier molecular flexibility index (Phi) is 4.73. The van der Waals surface area contributed by atoms with Gasteiger partial charge in [-0.15, -0.1) is 0 Å². The predicted octanol–water partition coefficient (Wildman–Crippen LogP) is 5.23. The second kappa shape index (κ2) is 6.86. The smallest absolute Gasteiger partial charge is 0.296 e. The Labute approximate surface area is 151 Å². The van der Waals surface area contributed by atoms with Gasteiger partial charge < -0.3 is 0 Å². The molecule has 0 bridgehead atoms. The Morgan fingerprint density at radius 1 is 0.704 bits per heavy atom. The summed E-state index contributed by atoms with van der Waals surface area (Å²) in [5.74, 6) is -10.7. The van der Waals surface area contributed by atoms with Crippen LogP contribution in [0.1, 0.15) is 0 Å². The zero-order valence-corrected chi connectivity index (χ0v) is 14.2. The van der Waals surface area contributed by atoms with Gasteiger partial charge in [0.1, 0.15) is 5.69 Å². The Hall–Kier alpha value is -3.16. The van der Waals surface area contributed by atoms with Crippen LogP contribution in [0.15, 0.2) is 42.5 Å². The number of hydrogen-bond acceptors (Lipinski definition) is 1. The van der Waals surface area contributed by atoms with E-state index >= 15 is 0 Å². The number of halogens is 5. The molecule has 3 aromatic rings. The summed E-state index contributed by atoms with van der Waals surface area (Å²) in [5.41, 5.74) is -0.905. The summed E-state index contributed by atoms with van der Waals surface area (Å²) in [4.78, 5) is 14.1. The molecule has 0 aromatic heterocycles. The third kappa shape index (κ3) is 2.97. The highest BCUT2D eigenvalue weighted by Gasteiger charge is 2.31. The monoisotopic (exact) mass is 380 g/mol. The van der Waals surface area contributed by atoms with Crippen LogP contribution in [0.5, 0.6) is 0 Å². The molecule has 27 heavy (non-hydrogen) atoms. The van der Waals surface area contributed by atoms with Gasteiger partial charge in [-0.2, -0.15) is 0 Å². The molecule has 0 radical (unpaired) electrons. The number of nitrogens with zero attached hydrogens (tertiary/aromatic N) is 2. The molecule has 3 aromatic carbocycles. The third-order valence-corrected chi connectivity index (χ3v) is 4.22. The van der Waals surface area contributed by atoms with Crippen LogP contribution >= 0.6 is 0 Å². The molecule has 0 saturated heterocycles. The van der Waals surface area contributed by atoms with Gasteiger partial charge in [0.25, 0.3) is 0 Å². The molecule has 0 aliphatic carbocycles. The quantitative estimate of drug-likeness (QED) is 0.339. The van der Waals surface area contributed by atoms with Crippen molar-refractivity contribution in [2.45, 2.75) is 0 Å². The number of hydrogen-bond donors (Lipinski definition) is 0. The lowest BCUT2D eigenvalue weighted by Gasteiger charge is -2.26. The first kappa shape index (κ1) is 18.6. The van der Waals surface area contributed by atoms with Gasteiger partial charge in [0.2, 0.25) is 5.82 Å². The van der Waals surface area contributed by atoms with Crippen LogP contribution in [0, 0.1) is 29.1 Å². The number of rotatable bonds is 2. The maximum atomic E-state index is 14.0. The molecule has 2 amide bonds. The van der Waals surface area contributed by atoms with E-state index in [1.807, 2.05) is 12.1 Å². The number of carbonyl (C=O) groups is 1. The number of carbonyl (C=O) groups excluding carboxylic acids is 1. The molecular weight excluding hydrogens is 367 g/mol. The van der Waals surface area contributed by atoms with E-state index in [1.54, 1.807) is 30.3 Å². The molecule has 0 fully saturated rings. The molecule has 0 aliphatic rings. The van der Waals surface area contributed by atoms with Crippen LogP contribution < -0.4 is 9.80 Å². The zero-order chi connectivity index (χ0) is 19.9. The fraction of sp³-hybridized carbons (Fsp3) is 0.105. The van der Waals surface area contributed by atoms with Gasteiger partial charge in [-0.05, 0) is 11.5 Å². The summed E-state index contributed by atoms with van der Waals surface area (Å²) in [6.45, 7) is 0. The average molecular weight is 380 g/mol. The van der Waals surface area contributed by atoms with Crippen molar-refractivity contribution in [3.05, 3.63) is 71.6 Å². The molecule has 0 atom stereocenters. The third-order valence-electron chi connectivity index (χ3n) is 4.22. The van der Waals surface area contributed by atoms with E-state index in [9.17, 15) is 26.7 Å². The van der Waals surface area contributed by atoms with Gasteiger partial charge in [-0.3, -0.25) is 9.80 Å². The van der Waals surface area contributed by atoms with Crippen LogP contribution in [0.25, 0.3) is 10.8 Å². The highest BCUT2D eigenvalue weighted by atomic mass is 19.2. The molecular formula is C19H13F5N2O. The normalized spacial score (nSPS) is 10.9. The molecule has 0 unspecified atom stereocenters. The molecule has 0 spiro atoms. The average Bonchev–Trinajstić information content (AvgIpc) is 2.69. The summed E-state index contributed by atoms with van der Waals surface area (Å²) in [7, 11) is 2.27. The van der Waals surface area contributed by atoms with Crippen LogP contribution in [-0.2, 0) is 0 Å². The van der Waals surface area contributed by atoms with Crippen LogP contribution in [0.4, 0.5) is 38.1 Å². The maximum absolute atomic E-state index is 14.0. The first-order valence-corrected chi connectivity index (χ1v) is 7.76. The second-order valence-electron chi connectivity index (χ2n) is 5.82. The summed E-state index contributed by atoms with van der Waals surface area (Å²) < 4.78 is 68.1. The molecule has 140 valence electrons. The van der Waals surface area contributed by atoms with E-state index in [0.717, 1.165) is 17.3 Å². The zero-order valence-electron chi connectivity index (χ0n) is 14.2. The lowest BCUT2D eigenvalue weighted by Crippen LogP contribution is -2.40. The van der Waals surface area contributed by atoms with Crippen molar-refractivity contribution in [3.63, 3.8) is 0 Å². The number of fused-ring (bicyclic) bond motifs is 1. The Morgan fingerprint density at radius 3 is 1.85 bits per heavy atom. The van der Waals surface area contributed by atoms with E-state index < -0.39 is 40.8 Å². The second-order valence-corrected chi connectivity index (χ2v) is 5.82. The minimum atomic E-state index is -2.28. The summed E-state index contributed by atoms with van der Waals surface area (Å²) in [6.07, 6.45) is 0. The predicted molar refractivity (Wildman–Crippen MR) is 92.4 cm³/mol.